The average Bonchev–Trinajstić information content (AvgIpc) is 2.78. The zero-order chi connectivity index (χ0) is 15.6. The largest absolute Gasteiger partial charge is 0.397 e. The number of carbonyl (C=O) groups excluding carboxylic acids is 1. The van der Waals surface area contributed by atoms with Gasteiger partial charge >= 0.3 is 6.18 Å². The van der Waals surface area contributed by atoms with Gasteiger partial charge in [0.05, 0.1) is 11.6 Å². The van der Waals surface area contributed by atoms with E-state index in [-0.39, 0.29) is 31.8 Å². The molecule has 0 saturated carbocycles. The minimum absolute atomic E-state index is 0.0286. The maximum absolute atomic E-state index is 12.6. The van der Waals surface area contributed by atoms with Crippen LogP contribution < -0.4 is 5.73 Å². The highest BCUT2D eigenvalue weighted by Gasteiger charge is 2.41. The van der Waals surface area contributed by atoms with E-state index in [0.717, 1.165) is 6.42 Å². The number of likely N-dealkylation sites (tertiary alicyclic amines) is 1. The van der Waals surface area contributed by atoms with Crippen LogP contribution >= 0.6 is 0 Å². The Bertz CT molecular complexity index is 502. The fraction of sp³-hybridized carbons (Fsp3) is 0.643. The van der Waals surface area contributed by atoms with E-state index in [1.165, 1.54) is 4.90 Å². The van der Waals surface area contributed by atoms with Crippen molar-refractivity contribution in [1.82, 2.24) is 9.47 Å². The molecule has 0 spiro atoms. The number of nitrogens with two attached hydrogens (primary N) is 1. The van der Waals surface area contributed by atoms with Crippen LogP contribution in [0.1, 0.15) is 36.7 Å². The summed E-state index contributed by atoms with van der Waals surface area (Å²) in [5.41, 5.74) is 6.67. The predicted molar refractivity (Wildman–Crippen MR) is 73.8 cm³/mol. The maximum Gasteiger partial charge on any atom is 0.391 e. The molecule has 0 aliphatic carbocycles. The number of aromatic nitrogens is 1. The Kier molecular flexibility index (Phi) is 4.49. The molecule has 2 N–H and O–H groups in total. The Morgan fingerprint density at radius 1 is 1.38 bits per heavy atom. The zero-order valence-corrected chi connectivity index (χ0v) is 12.0. The van der Waals surface area contributed by atoms with Crippen molar-refractivity contribution in [2.45, 2.75) is 38.9 Å². The number of piperidine rings is 1. The summed E-state index contributed by atoms with van der Waals surface area (Å²) in [4.78, 5) is 13.9. The third-order valence-electron chi connectivity index (χ3n) is 3.85. The molecule has 7 heteroatoms. The molecule has 0 radical (unpaired) electrons. The van der Waals surface area contributed by atoms with Crippen LogP contribution in [0.15, 0.2) is 12.3 Å². The second-order valence-electron chi connectivity index (χ2n) is 5.46. The molecular weight excluding hydrogens is 283 g/mol. The van der Waals surface area contributed by atoms with Crippen LogP contribution in [-0.4, -0.2) is 34.6 Å². The van der Waals surface area contributed by atoms with Crippen molar-refractivity contribution in [2.75, 3.05) is 18.8 Å². The first-order valence-electron chi connectivity index (χ1n) is 7.14. The van der Waals surface area contributed by atoms with Gasteiger partial charge in [-0.3, -0.25) is 4.79 Å². The molecule has 4 nitrogen and oxygen atoms in total. The number of hydrogen-bond acceptors (Lipinski definition) is 2. The second kappa shape index (κ2) is 5.99. The lowest BCUT2D eigenvalue weighted by atomic mass is 9.96. The molecule has 1 aromatic rings. The van der Waals surface area contributed by atoms with Gasteiger partial charge in [-0.15, -0.1) is 0 Å². The van der Waals surface area contributed by atoms with Crippen molar-refractivity contribution in [3.63, 3.8) is 0 Å². The van der Waals surface area contributed by atoms with E-state index in [9.17, 15) is 18.0 Å². The topological polar surface area (TPSA) is 51.3 Å². The summed E-state index contributed by atoms with van der Waals surface area (Å²) in [6.45, 7) is 2.93. The Morgan fingerprint density at radius 2 is 2.00 bits per heavy atom. The lowest BCUT2D eigenvalue weighted by Gasteiger charge is -2.33. The van der Waals surface area contributed by atoms with Gasteiger partial charge in [0.15, 0.2) is 0 Å². The normalized spacial score (nSPS) is 17.2. The zero-order valence-electron chi connectivity index (χ0n) is 12.0. The van der Waals surface area contributed by atoms with Crippen LogP contribution in [0.3, 0.4) is 0 Å². The summed E-state index contributed by atoms with van der Waals surface area (Å²) in [5.74, 6) is -1.53. The number of rotatable bonds is 3. The van der Waals surface area contributed by atoms with Gasteiger partial charge in [-0.1, -0.05) is 6.92 Å². The molecule has 118 valence electrons. The van der Waals surface area contributed by atoms with Crippen LogP contribution in [0.4, 0.5) is 18.9 Å². The number of nitrogen functional groups attached to an aromatic ring is 1. The Hall–Kier alpha value is -1.66. The van der Waals surface area contributed by atoms with E-state index < -0.39 is 12.1 Å². The van der Waals surface area contributed by atoms with Crippen LogP contribution in [0, 0.1) is 5.92 Å². The Morgan fingerprint density at radius 3 is 2.52 bits per heavy atom. The molecule has 0 unspecified atom stereocenters. The maximum atomic E-state index is 12.6. The molecule has 1 amide bonds. The monoisotopic (exact) mass is 303 g/mol. The first kappa shape index (κ1) is 15.7. The summed E-state index contributed by atoms with van der Waals surface area (Å²) in [5, 5.41) is 0. The van der Waals surface area contributed by atoms with Gasteiger partial charge in [0.2, 0.25) is 0 Å². The van der Waals surface area contributed by atoms with E-state index in [1.54, 1.807) is 16.8 Å². The predicted octanol–water partition coefficient (Wildman–Crippen LogP) is 2.89. The van der Waals surface area contributed by atoms with Gasteiger partial charge in [0, 0.05) is 25.8 Å². The van der Waals surface area contributed by atoms with Crippen LogP contribution in [0.2, 0.25) is 0 Å². The fourth-order valence-corrected chi connectivity index (χ4v) is 2.71. The number of halogens is 3. The molecule has 1 aliphatic rings. The third-order valence-corrected chi connectivity index (χ3v) is 3.85. The molecule has 1 fully saturated rings. The molecule has 1 aromatic heterocycles. The molecule has 1 saturated heterocycles. The highest BCUT2D eigenvalue weighted by atomic mass is 19.4. The Balaban J connectivity index is 2.05. The number of amides is 1. The summed E-state index contributed by atoms with van der Waals surface area (Å²) >= 11 is 0. The van der Waals surface area contributed by atoms with Crippen molar-refractivity contribution < 1.29 is 18.0 Å². The lowest BCUT2D eigenvalue weighted by molar-refractivity contribution is -0.183. The van der Waals surface area contributed by atoms with Crippen molar-refractivity contribution in [3.05, 3.63) is 18.0 Å². The molecule has 2 heterocycles. The van der Waals surface area contributed by atoms with Gasteiger partial charge in [0.1, 0.15) is 5.69 Å². The highest BCUT2D eigenvalue weighted by molar-refractivity contribution is 5.93. The van der Waals surface area contributed by atoms with Crippen molar-refractivity contribution in [1.29, 1.82) is 0 Å². The standard InChI is InChI=1S/C14H20F3N3O/c1-2-5-20-9-11(18)8-12(20)13(21)19-6-3-10(4-7-19)14(15,16)17/h8-10H,2-7,18H2,1H3. The minimum Gasteiger partial charge on any atom is -0.397 e. The van der Waals surface area contributed by atoms with Gasteiger partial charge in [-0.25, -0.2) is 0 Å². The van der Waals surface area contributed by atoms with Crippen molar-refractivity contribution >= 4 is 11.6 Å². The van der Waals surface area contributed by atoms with Crippen molar-refractivity contribution in [2.24, 2.45) is 5.92 Å². The first-order valence-corrected chi connectivity index (χ1v) is 7.14. The average molecular weight is 303 g/mol. The van der Waals surface area contributed by atoms with E-state index >= 15 is 0 Å². The molecular formula is C14H20F3N3O. The van der Waals surface area contributed by atoms with Crippen molar-refractivity contribution in [3.8, 4) is 0 Å². The number of carbonyl (C=O) groups is 1. The van der Waals surface area contributed by atoms with Gasteiger partial charge < -0.3 is 15.2 Å². The van der Waals surface area contributed by atoms with Crippen LogP contribution in [0.5, 0.6) is 0 Å². The van der Waals surface area contributed by atoms with Gasteiger partial charge in [-0.05, 0) is 25.3 Å². The SMILES string of the molecule is CCCn1cc(N)cc1C(=O)N1CCC(C(F)(F)F)CC1. The lowest BCUT2D eigenvalue weighted by Crippen LogP contribution is -2.42. The first-order chi connectivity index (χ1) is 9.82. The molecule has 0 atom stereocenters. The molecule has 21 heavy (non-hydrogen) atoms. The molecule has 2 rings (SSSR count). The third kappa shape index (κ3) is 3.51. The quantitative estimate of drug-likeness (QED) is 0.933. The van der Waals surface area contributed by atoms with E-state index in [0.29, 0.717) is 17.9 Å². The van der Waals surface area contributed by atoms with Crippen LogP contribution in [0.25, 0.3) is 0 Å². The number of nitrogens with zero attached hydrogens (tertiary/aromatic N) is 2. The summed E-state index contributed by atoms with van der Waals surface area (Å²) in [6.07, 6.45) is -1.68. The van der Waals surface area contributed by atoms with Gasteiger partial charge in [-0.2, -0.15) is 13.2 Å². The van der Waals surface area contributed by atoms with Crippen LogP contribution in [-0.2, 0) is 6.54 Å². The highest BCUT2D eigenvalue weighted by Crippen LogP contribution is 2.34. The number of hydrogen-bond donors (Lipinski definition) is 1. The fourth-order valence-electron chi connectivity index (χ4n) is 2.71. The van der Waals surface area contributed by atoms with E-state index in [4.69, 9.17) is 5.73 Å². The molecule has 0 aromatic carbocycles. The number of anilines is 1. The molecule has 0 bridgehead atoms. The number of alkyl halides is 3. The summed E-state index contributed by atoms with van der Waals surface area (Å²) < 4.78 is 39.7. The Labute approximate surface area is 121 Å². The van der Waals surface area contributed by atoms with E-state index in [2.05, 4.69) is 0 Å². The van der Waals surface area contributed by atoms with Gasteiger partial charge in [0.25, 0.3) is 5.91 Å². The summed E-state index contributed by atoms with van der Waals surface area (Å²) in [6, 6.07) is 1.59. The minimum atomic E-state index is -4.16. The molecule has 1 aliphatic heterocycles. The van der Waals surface area contributed by atoms with E-state index in [1.807, 2.05) is 6.92 Å². The second-order valence-corrected chi connectivity index (χ2v) is 5.46. The smallest absolute Gasteiger partial charge is 0.391 e. The summed E-state index contributed by atoms with van der Waals surface area (Å²) in [7, 11) is 0. The number of aryl methyl sites for hydroxylation is 1.